The number of hydrogen-bond acceptors (Lipinski definition) is 7. The number of benzene rings is 2. The van der Waals surface area contributed by atoms with Gasteiger partial charge in [0.25, 0.3) is 11.5 Å². The lowest BCUT2D eigenvalue weighted by Crippen LogP contribution is -2.22. The number of imidazole rings is 1. The van der Waals surface area contributed by atoms with Gasteiger partial charge in [-0.2, -0.15) is 4.98 Å². The predicted octanol–water partition coefficient (Wildman–Crippen LogP) is 4.47. The van der Waals surface area contributed by atoms with Crippen LogP contribution < -0.4 is 16.2 Å². The molecule has 0 aliphatic rings. The van der Waals surface area contributed by atoms with Crippen LogP contribution in [0.15, 0.2) is 96.4 Å². The van der Waals surface area contributed by atoms with Gasteiger partial charge in [0.05, 0.1) is 10.7 Å². The molecule has 2 aromatic carbocycles. The molecule has 37 heavy (non-hydrogen) atoms. The molecule has 6 rings (SSSR count). The van der Waals surface area contributed by atoms with Gasteiger partial charge in [0, 0.05) is 47.9 Å². The van der Waals surface area contributed by atoms with E-state index in [2.05, 4.69) is 30.6 Å². The van der Waals surface area contributed by atoms with Gasteiger partial charge in [-0.05, 0) is 48.5 Å². The van der Waals surface area contributed by atoms with Crippen LogP contribution in [0, 0.1) is 0 Å². The third-order valence-electron chi connectivity index (χ3n) is 5.69. The zero-order valence-corrected chi connectivity index (χ0v) is 19.8. The monoisotopic (exact) mass is 508 g/mol. The van der Waals surface area contributed by atoms with Crippen LogP contribution in [-0.4, -0.2) is 34.8 Å². The third-order valence-corrected chi connectivity index (χ3v) is 6.01. The molecule has 1 amide bonds. The van der Waals surface area contributed by atoms with Crippen molar-refractivity contribution in [3.63, 3.8) is 0 Å². The second-order valence-electron chi connectivity index (χ2n) is 8.01. The first kappa shape index (κ1) is 22.4. The number of anilines is 3. The number of aromatic nitrogens is 6. The minimum absolute atomic E-state index is 0.229. The lowest BCUT2D eigenvalue weighted by molar-refractivity contribution is 0.102. The highest BCUT2D eigenvalue weighted by Crippen LogP contribution is 2.23. The average molecular weight is 509 g/mol. The fraction of sp³-hybridized carbons (Fsp3) is 0. The fourth-order valence-electron chi connectivity index (χ4n) is 3.93. The first-order chi connectivity index (χ1) is 18.1. The van der Waals surface area contributed by atoms with Crippen molar-refractivity contribution in [2.24, 2.45) is 0 Å². The van der Waals surface area contributed by atoms with Gasteiger partial charge >= 0.3 is 0 Å². The van der Waals surface area contributed by atoms with Crippen LogP contribution in [-0.2, 0) is 0 Å². The Balaban J connectivity index is 1.31. The highest BCUT2D eigenvalue weighted by Gasteiger charge is 2.17. The van der Waals surface area contributed by atoms with Gasteiger partial charge in [-0.15, -0.1) is 0 Å². The van der Waals surface area contributed by atoms with Crippen molar-refractivity contribution in [1.29, 1.82) is 0 Å². The van der Waals surface area contributed by atoms with Crippen molar-refractivity contribution in [2.75, 3.05) is 10.6 Å². The first-order valence-electron chi connectivity index (χ1n) is 11.2. The summed E-state index contributed by atoms with van der Waals surface area (Å²) >= 11 is 6.37. The zero-order valence-electron chi connectivity index (χ0n) is 19.0. The van der Waals surface area contributed by atoms with Gasteiger partial charge in [0.15, 0.2) is 5.65 Å². The van der Waals surface area contributed by atoms with Crippen molar-refractivity contribution >= 4 is 51.6 Å². The Labute approximate surface area is 214 Å². The van der Waals surface area contributed by atoms with E-state index in [9.17, 15) is 9.59 Å². The normalized spacial score (nSPS) is 11.1. The Bertz CT molecular complexity index is 1830. The molecular weight excluding hydrogens is 492 g/mol. The molecular formula is C26H17ClN8O2. The van der Waals surface area contributed by atoms with E-state index in [4.69, 9.17) is 11.6 Å². The molecule has 11 heteroatoms. The van der Waals surface area contributed by atoms with Crippen LogP contribution in [0.25, 0.3) is 22.5 Å². The van der Waals surface area contributed by atoms with Gasteiger partial charge < -0.3 is 10.6 Å². The molecule has 2 N–H and O–H groups in total. The highest BCUT2D eigenvalue weighted by atomic mass is 35.5. The Morgan fingerprint density at radius 3 is 2.43 bits per heavy atom. The molecule has 6 aromatic rings. The van der Waals surface area contributed by atoms with Crippen molar-refractivity contribution in [3.05, 3.63) is 113 Å². The van der Waals surface area contributed by atoms with Crippen LogP contribution in [0.5, 0.6) is 0 Å². The maximum absolute atomic E-state index is 13.4. The molecule has 4 heterocycles. The molecule has 0 saturated heterocycles. The Kier molecular flexibility index (Phi) is 5.55. The van der Waals surface area contributed by atoms with E-state index >= 15 is 0 Å². The summed E-state index contributed by atoms with van der Waals surface area (Å²) in [5.41, 5.74) is 2.44. The van der Waals surface area contributed by atoms with E-state index in [1.165, 1.54) is 10.8 Å². The van der Waals surface area contributed by atoms with Crippen LogP contribution in [0.1, 0.15) is 10.4 Å². The Morgan fingerprint density at radius 2 is 1.65 bits per heavy atom. The molecule has 0 aliphatic carbocycles. The van der Waals surface area contributed by atoms with Gasteiger partial charge in [0.1, 0.15) is 5.39 Å². The molecule has 0 unspecified atom stereocenters. The van der Waals surface area contributed by atoms with Gasteiger partial charge in [-0.1, -0.05) is 23.7 Å². The van der Waals surface area contributed by atoms with Crippen molar-refractivity contribution < 1.29 is 4.79 Å². The number of halogens is 1. The molecule has 10 nitrogen and oxygen atoms in total. The van der Waals surface area contributed by atoms with Crippen molar-refractivity contribution in [3.8, 4) is 5.69 Å². The lowest BCUT2D eigenvalue weighted by Gasteiger charge is -2.12. The number of carbonyl (C=O) groups is 1. The summed E-state index contributed by atoms with van der Waals surface area (Å²) in [6.07, 6.45) is 7.92. The summed E-state index contributed by atoms with van der Waals surface area (Å²) in [4.78, 5) is 42.9. The number of rotatable bonds is 5. The van der Waals surface area contributed by atoms with Crippen LogP contribution in [0.2, 0.25) is 5.02 Å². The summed E-state index contributed by atoms with van der Waals surface area (Å²) < 4.78 is 3.16. The highest BCUT2D eigenvalue weighted by molar-refractivity contribution is 6.32. The number of pyridine rings is 1. The topological polar surface area (TPSA) is 119 Å². The largest absolute Gasteiger partial charge is 0.324 e. The number of nitrogens with one attached hydrogen (secondary N) is 2. The van der Waals surface area contributed by atoms with E-state index in [1.54, 1.807) is 89.9 Å². The second-order valence-corrected chi connectivity index (χ2v) is 8.42. The first-order valence-corrected chi connectivity index (χ1v) is 11.5. The van der Waals surface area contributed by atoms with Crippen LogP contribution in [0.3, 0.4) is 0 Å². The summed E-state index contributed by atoms with van der Waals surface area (Å²) in [5.74, 6) is 0.447. The molecule has 0 bridgehead atoms. The number of hydrogen-bond donors (Lipinski definition) is 2. The zero-order chi connectivity index (χ0) is 25.4. The predicted molar refractivity (Wildman–Crippen MR) is 141 cm³/mol. The van der Waals surface area contributed by atoms with E-state index in [0.717, 1.165) is 0 Å². The van der Waals surface area contributed by atoms with Gasteiger partial charge in [-0.25, -0.2) is 14.5 Å². The third kappa shape index (κ3) is 4.15. The van der Waals surface area contributed by atoms with E-state index < -0.39 is 0 Å². The molecule has 0 radical (unpaired) electrons. The van der Waals surface area contributed by atoms with E-state index in [-0.39, 0.29) is 11.5 Å². The van der Waals surface area contributed by atoms with Crippen molar-refractivity contribution in [1.82, 2.24) is 28.9 Å². The molecule has 0 aliphatic heterocycles. The minimum Gasteiger partial charge on any atom is -0.324 e. The van der Waals surface area contributed by atoms with Gasteiger partial charge in [0.2, 0.25) is 11.7 Å². The molecule has 0 spiro atoms. The minimum atomic E-state index is -0.331. The number of carbonyl (C=O) groups excluding carboxylic acids is 1. The fourth-order valence-corrected chi connectivity index (χ4v) is 4.15. The van der Waals surface area contributed by atoms with E-state index in [0.29, 0.717) is 50.4 Å². The summed E-state index contributed by atoms with van der Waals surface area (Å²) in [6, 6.07) is 17.5. The summed E-state index contributed by atoms with van der Waals surface area (Å²) in [6.45, 7) is 0. The second kappa shape index (κ2) is 9.17. The van der Waals surface area contributed by atoms with E-state index in [1.807, 2.05) is 0 Å². The number of para-hydroxylation sites is 1. The molecule has 4 aromatic heterocycles. The van der Waals surface area contributed by atoms with Gasteiger partial charge in [-0.3, -0.25) is 19.0 Å². The molecule has 180 valence electrons. The Hall–Kier alpha value is -5.09. The molecule has 0 saturated carbocycles. The van der Waals surface area contributed by atoms with Crippen LogP contribution in [0.4, 0.5) is 17.3 Å². The quantitative estimate of drug-likeness (QED) is 0.352. The average Bonchev–Trinajstić information content (AvgIpc) is 3.41. The van der Waals surface area contributed by atoms with Crippen LogP contribution >= 0.6 is 11.6 Å². The molecule has 0 atom stereocenters. The number of amides is 1. The Morgan fingerprint density at radius 1 is 0.892 bits per heavy atom. The maximum atomic E-state index is 13.4. The number of nitrogens with zero attached hydrogens (tertiary/aromatic N) is 6. The van der Waals surface area contributed by atoms with Crippen molar-refractivity contribution in [2.45, 2.75) is 0 Å². The maximum Gasteiger partial charge on any atom is 0.270 e. The molecule has 0 fully saturated rings. The smallest absolute Gasteiger partial charge is 0.270 e. The number of fused-ring (bicyclic) bond motifs is 3. The SMILES string of the molecule is O=C(Nc1ccc(Nc2ncc3c(=O)n(-c4ccccc4Cl)c4nccn4c3n2)cc1)c1ccncc1. The lowest BCUT2D eigenvalue weighted by atomic mass is 10.2. The summed E-state index contributed by atoms with van der Waals surface area (Å²) in [5, 5.41) is 6.71. The summed E-state index contributed by atoms with van der Waals surface area (Å²) in [7, 11) is 0. The standard InChI is InChI=1S/C26H17ClN8O2/c27-20-3-1-2-4-21(20)35-24(37)19-15-30-25(33-22(19)34-14-13-29-26(34)35)32-18-7-5-17(6-8-18)31-23(36)16-9-11-28-12-10-16/h1-15H,(H,31,36)(H,30,32,33).